The fourth-order valence-electron chi connectivity index (χ4n) is 4.38. The van der Waals surface area contributed by atoms with Crippen LogP contribution in [0.3, 0.4) is 0 Å². The van der Waals surface area contributed by atoms with Gasteiger partial charge < -0.3 is 5.32 Å². The number of sulfonamides is 1. The largest absolute Gasteiger partial charge is 0.346 e. The Hall–Kier alpha value is -2.54. The predicted molar refractivity (Wildman–Crippen MR) is 143 cm³/mol. The fraction of sp³-hybridized carbons (Fsp3) is 0.296. The van der Waals surface area contributed by atoms with E-state index in [1.807, 2.05) is 6.92 Å². The molecule has 1 atom stereocenters. The lowest BCUT2D eigenvalue weighted by Crippen LogP contribution is -2.29. The monoisotopic (exact) mass is 530 g/mol. The van der Waals surface area contributed by atoms with Crippen molar-refractivity contribution in [3.05, 3.63) is 98.5 Å². The van der Waals surface area contributed by atoms with E-state index >= 15 is 0 Å². The topological polar surface area (TPSA) is 66.5 Å². The quantitative estimate of drug-likeness (QED) is 0.388. The molecule has 0 aliphatic heterocycles. The Morgan fingerprint density at radius 3 is 2.37 bits per heavy atom. The number of hydrogen-bond acceptors (Lipinski definition) is 3. The highest BCUT2D eigenvalue weighted by molar-refractivity contribution is 7.92. The van der Waals surface area contributed by atoms with Crippen LogP contribution in [0, 0.1) is 0 Å². The summed E-state index contributed by atoms with van der Waals surface area (Å²) >= 11 is 12.4. The van der Waals surface area contributed by atoms with Crippen LogP contribution >= 0.6 is 23.2 Å². The lowest BCUT2D eigenvalue weighted by atomic mass is 9.89. The van der Waals surface area contributed by atoms with Gasteiger partial charge in [0.15, 0.2) is 0 Å². The first kappa shape index (κ1) is 25.5. The maximum absolute atomic E-state index is 12.9. The molecule has 0 aromatic heterocycles. The maximum Gasteiger partial charge on any atom is 0.251 e. The second-order valence-corrected chi connectivity index (χ2v) is 11.7. The van der Waals surface area contributed by atoms with Gasteiger partial charge >= 0.3 is 0 Å². The van der Waals surface area contributed by atoms with Gasteiger partial charge in [-0.25, -0.2) is 8.42 Å². The highest BCUT2D eigenvalue weighted by atomic mass is 35.5. The van der Waals surface area contributed by atoms with E-state index in [-0.39, 0.29) is 28.5 Å². The number of hydrogen-bond donors (Lipinski definition) is 1. The van der Waals surface area contributed by atoms with E-state index in [2.05, 4.69) is 23.5 Å². The third-order valence-electron chi connectivity index (χ3n) is 6.36. The fourth-order valence-corrected chi connectivity index (χ4v) is 5.72. The lowest BCUT2D eigenvalue weighted by molar-refractivity contribution is 0.0940. The minimum absolute atomic E-state index is 0.0618. The summed E-state index contributed by atoms with van der Waals surface area (Å²) in [6, 6.07) is 18.1. The van der Waals surface area contributed by atoms with Crippen molar-refractivity contribution in [3.8, 4) is 0 Å². The number of anilines is 1. The van der Waals surface area contributed by atoms with Crippen molar-refractivity contribution in [2.24, 2.45) is 0 Å². The van der Waals surface area contributed by atoms with Crippen molar-refractivity contribution in [2.45, 2.75) is 45.2 Å². The minimum Gasteiger partial charge on any atom is -0.346 e. The van der Waals surface area contributed by atoms with Crippen LogP contribution in [0.25, 0.3) is 0 Å². The highest BCUT2D eigenvalue weighted by Crippen LogP contribution is 2.34. The van der Waals surface area contributed by atoms with Crippen molar-refractivity contribution in [1.82, 2.24) is 5.32 Å². The van der Waals surface area contributed by atoms with Gasteiger partial charge in [0.25, 0.3) is 5.91 Å². The number of nitrogens with one attached hydrogen (secondary N) is 1. The lowest BCUT2D eigenvalue weighted by Gasteiger charge is -2.24. The van der Waals surface area contributed by atoms with Crippen molar-refractivity contribution in [1.29, 1.82) is 0 Å². The van der Waals surface area contributed by atoms with Crippen LogP contribution in [-0.4, -0.2) is 20.6 Å². The molecule has 4 rings (SSSR count). The van der Waals surface area contributed by atoms with E-state index < -0.39 is 10.0 Å². The molecule has 0 radical (unpaired) electrons. The van der Waals surface area contributed by atoms with Gasteiger partial charge in [-0.1, -0.05) is 59.6 Å². The molecule has 3 aromatic rings. The van der Waals surface area contributed by atoms with Gasteiger partial charge in [-0.15, -0.1) is 0 Å². The molecule has 1 aliphatic carbocycles. The summed E-state index contributed by atoms with van der Waals surface area (Å²) in [6.45, 7) is 2.04. The van der Waals surface area contributed by atoms with Crippen molar-refractivity contribution in [3.63, 3.8) is 0 Å². The van der Waals surface area contributed by atoms with Crippen LogP contribution in [0.1, 0.15) is 58.4 Å². The van der Waals surface area contributed by atoms with Gasteiger partial charge in [-0.3, -0.25) is 9.10 Å². The first-order valence-electron chi connectivity index (χ1n) is 11.6. The molecule has 1 aliphatic rings. The summed E-state index contributed by atoms with van der Waals surface area (Å²) in [5.74, 6) is -0.181. The number of amides is 1. The van der Waals surface area contributed by atoms with Gasteiger partial charge in [0.2, 0.25) is 10.0 Å². The summed E-state index contributed by atoms with van der Waals surface area (Å²) in [5.41, 5.74) is 5.42. The van der Waals surface area contributed by atoms with Crippen LogP contribution < -0.4 is 9.62 Å². The molecule has 8 heteroatoms. The highest BCUT2D eigenvalue weighted by Gasteiger charge is 2.22. The van der Waals surface area contributed by atoms with Gasteiger partial charge in [-0.2, -0.15) is 0 Å². The normalized spacial score (nSPS) is 14.2. The zero-order chi connectivity index (χ0) is 25.2. The Bertz CT molecular complexity index is 1340. The molecular weight excluding hydrogens is 503 g/mol. The third-order valence-corrected chi connectivity index (χ3v) is 8.30. The Morgan fingerprint density at radius 2 is 1.69 bits per heavy atom. The van der Waals surface area contributed by atoms with E-state index in [0.717, 1.165) is 24.7 Å². The summed E-state index contributed by atoms with van der Waals surface area (Å²) in [4.78, 5) is 12.9. The first-order chi connectivity index (χ1) is 16.6. The van der Waals surface area contributed by atoms with Crippen LogP contribution in [0.15, 0.2) is 60.7 Å². The first-order valence-corrected chi connectivity index (χ1v) is 14.2. The molecular formula is C27H28Cl2N2O3S. The summed E-state index contributed by atoms with van der Waals surface area (Å²) < 4.78 is 26.2. The zero-order valence-electron chi connectivity index (χ0n) is 19.7. The van der Waals surface area contributed by atoms with E-state index in [1.165, 1.54) is 28.3 Å². The Kier molecular flexibility index (Phi) is 7.74. The second-order valence-electron chi connectivity index (χ2n) is 8.97. The van der Waals surface area contributed by atoms with Crippen LogP contribution in [-0.2, 0) is 29.4 Å². The van der Waals surface area contributed by atoms with Crippen molar-refractivity contribution in [2.75, 3.05) is 10.6 Å². The smallest absolute Gasteiger partial charge is 0.251 e. The van der Waals surface area contributed by atoms with Crippen LogP contribution in [0.5, 0.6) is 0 Å². The average molecular weight is 532 g/mol. The molecule has 0 fully saturated rings. The number of halogens is 2. The molecule has 184 valence electrons. The number of fused-ring (bicyclic) bond motifs is 1. The maximum atomic E-state index is 12.9. The number of aryl methyl sites for hydroxylation is 2. The Balaban J connectivity index is 1.47. The van der Waals surface area contributed by atoms with Gasteiger partial charge in [0.05, 0.1) is 34.6 Å². The molecule has 1 unspecified atom stereocenters. The van der Waals surface area contributed by atoms with E-state index in [9.17, 15) is 13.2 Å². The molecule has 0 saturated carbocycles. The summed E-state index contributed by atoms with van der Waals surface area (Å²) in [6.07, 6.45) is 5.79. The van der Waals surface area contributed by atoms with Crippen LogP contribution in [0.4, 0.5) is 5.69 Å². The average Bonchev–Trinajstić information content (AvgIpc) is 2.84. The second kappa shape index (κ2) is 10.6. The van der Waals surface area contributed by atoms with E-state index in [1.54, 1.807) is 42.5 Å². The van der Waals surface area contributed by atoms with Crippen molar-refractivity contribution < 1.29 is 13.2 Å². The van der Waals surface area contributed by atoms with Crippen molar-refractivity contribution >= 4 is 44.8 Å². The summed E-state index contributed by atoms with van der Waals surface area (Å²) in [7, 11) is -3.62. The standard InChI is InChI=1S/C27H28Cl2N2O3S/c1-18(22-15-14-20-6-3-4-7-23(20)16-22)30-27(32)21-12-10-19(11-13-21)17-31(35(2,33)34)25-9-5-8-24(28)26(25)29/h5,8-16,18H,3-4,6-7,17H2,1-2H3,(H,30,32). The molecule has 0 spiro atoms. The van der Waals surface area contributed by atoms with E-state index in [4.69, 9.17) is 23.2 Å². The SMILES string of the molecule is CC(NC(=O)c1ccc(CN(c2cccc(Cl)c2Cl)S(C)(=O)=O)cc1)c1ccc2c(c1)CCCC2. The van der Waals surface area contributed by atoms with Gasteiger partial charge in [0.1, 0.15) is 0 Å². The van der Waals surface area contributed by atoms with Crippen LogP contribution in [0.2, 0.25) is 10.0 Å². The van der Waals surface area contributed by atoms with E-state index in [0.29, 0.717) is 16.8 Å². The number of benzene rings is 3. The molecule has 1 N–H and O–H groups in total. The number of carbonyl (C=O) groups is 1. The summed E-state index contributed by atoms with van der Waals surface area (Å²) in [5, 5.41) is 3.51. The molecule has 5 nitrogen and oxygen atoms in total. The molecule has 0 heterocycles. The Labute approximate surface area is 217 Å². The minimum atomic E-state index is -3.62. The Morgan fingerprint density at radius 1 is 1.00 bits per heavy atom. The molecule has 0 saturated heterocycles. The number of carbonyl (C=O) groups excluding carboxylic acids is 1. The predicted octanol–water partition coefficient (Wildman–Crippen LogP) is 6.33. The molecule has 3 aromatic carbocycles. The third kappa shape index (κ3) is 6.00. The number of nitrogens with zero attached hydrogens (tertiary/aromatic N) is 1. The van der Waals surface area contributed by atoms with Gasteiger partial charge in [-0.05, 0) is 79.1 Å². The number of rotatable bonds is 7. The van der Waals surface area contributed by atoms with Gasteiger partial charge in [0, 0.05) is 5.56 Å². The zero-order valence-corrected chi connectivity index (χ0v) is 22.1. The molecule has 35 heavy (non-hydrogen) atoms. The molecule has 1 amide bonds. The molecule has 0 bridgehead atoms.